The number of halogens is 5. The molecule has 1 unspecified atom stereocenters. The third-order valence-corrected chi connectivity index (χ3v) is 1.44. The van der Waals surface area contributed by atoms with E-state index in [0.29, 0.717) is 0 Å². The topological polar surface area (TPSA) is 26.0 Å². The van der Waals surface area contributed by atoms with Gasteiger partial charge in [0.25, 0.3) is 4.58 Å². The fraction of sp³-hybridized carbons (Fsp3) is 1.00. The van der Waals surface area contributed by atoms with E-state index in [4.69, 9.17) is 0 Å². The fourth-order valence-corrected chi connectivity index (χ4v) is 0.116. The first-order valence-electron chi connectivity index (χ1n) is 1.96. The van der Waals surface area contributed by atoms with E-state index < -0.39 is 17.3 Å². The monoisotopic (exact) mass is 209 g/mol. The second-order valence-corrected chi connectivity index (χ2v) is 2.66. The lowest BCUT2D eigenvalue weighted by Gasteiger charge is -2.18. The lowest BCUT2D eigenvalue weighted by Crippen LogP contribution is -2.41. The molecule has 0 saturated carbocycles. The molecular formula is C3H4BrF4N. The van der Waals surface area contributed by atoms with Gasteiger partial charge < -0.3 is 5.73 Å². The van der Waals surface area contributed by atoms with Crippen LogP contribution in [0.3, 0.4) is 0 Å². The summed E-state index contributed by atoms with van der Waals surface area (Å²) in [6.45, 7) is -1.11. The molecule has 0 spiro atoms. The molecule has 0 aliphatic carbocycles. The smallest absolute Gasteiger partial charge is 0.326 e. The standard InChI is InChI=1S/C3H4BrF4N/c4-2(5,1-9)3(6,7)8/h1,9H2. The van der Waals surface area contributed by atoms with Crippen molar-refractivity contribution in [1.82, 2.24) is 0 Å². The van der Waals surface area contributed by atoms with E-state index in [2.05, 4.69) is 5.73 Å². The minimum atomic E-state index is -4.93. The van der Waals surface area contributed by atoms with Crippen molar-refractivity contribution >= 4 is 15.9 Å². The summed E-state index contributed by atoms with van der Waals surface area (Å²) in [4.78, 5) is 0. The largest absolute Gasteiger partial charge is 0.433 e. The number of hydrogen-bond acceptors (Lipinski definition) is 1. The molecule has 1 atom stereocenters. The molecule has 0 saturated heterocycles. The van der Waals surface area contributed by atoms with Gasteiger partial charge in [0.05, 0.1) is 0 Å². The van der Waals surface area contributed by atoms with Gasteiger partial charge in [0.2, 0.25) is 0 Å². The van der Waals surface area contributed by atoms with Crippen molar-refractivity contribution in [2.45, 2.75) is 10.8 Å². The number of alkyl halides is 5. The second kappa shape index (κ2) is 2.42. The summed E-state index contributed by atoms with van der Waals surface area (Å²) >= 11 is 1.78. The third-order valence-electron chi connectivity index (χ3n) is 0.671. The number of nitrogens with two attached hydrogens (primary N) is 1. The van der Waals surface area contributed by atoms with Crippen LogP contribution in [0.5, 0.6) is 0 Å². The molecule has 0 heterocycles. The Hall–Kier alpha value is 0.160. The lowest BCUT2D eigenvalue weighted by atomic mass is 10.4. The summed E-state index contributed by atoms with van der Waals surface area (Å²) in [5, 5.41) is 0. The summed E-state index contributed by atoms with van der Waals surface area (Å²) in [6.07, 6.45) is -4.93. The molecule has 0 bridgehead atoms. The summed E-state index contributed by atoms with van der Waals surface area (Å²) in [5.74, 6) is 0. The molecule has 0 radical (unpaired) electrons. The molecule has 56 valence electrons. The Morgan fingerprint density at radius 1 is 1.22 bits per heavy atom. The van der Waals surface area contributed by atoms with E-state index in [1.807, 2.05) is 0 Å². The Bertz CT molecular complexity index is 98.5. The predicted molar refractivity (Wildman–Crippen MR) is 27.9 cm³/mol. The van der Waals surface area contributed by atoms with E-state index in [9.17, 15) is 17.6 Å². The van der Waals surface area contributed by atoms with E-state index in [1.54, 1.807) is 15.9 Å². The average molecular weight is 210 g/mol. The third kappa shape index (κ3) is 2.09. The van der Waals surface area contributed by atoms with Crippen LogP contribution < -0.4 is 5.73 Å². The quantitative estimate of drug-likeness (QED) is 0.515. The van der Waals surface area contributed by atoms with Gasteiger partial charge in [0, 0.05) is 6.54 Å². The first-order chi connectivity index (χ1) is 3.81. The highest BCUT2D eigenvalue weighted by molar-refractivity contribution is 9.10. The molecule has 0 aromatic rings. The fourth-order valence-electron chi connectivity index (χ4n) is 0.116. The Kier molecular flexibility index (Phi) is 2.46. The summed E-state index contributed by atoms with van der Waals surface area (Å²) in [6, 6.07) is 0. The molecule has 0 aliphatic heterocycles. The highest BCUT2D eigenvalue weighted by Gasteiger charge is 2.53. The van der Waals surface area contributed by atoms with Gasteiger partial charge >= 0.3 is 6.18 Å². The maximum atomic E-state index is 12.0. The zero-order chi connectivity index (χ0) is 7.71. The first-order valence-corrected chi connectivity index (χ1v) is 2.75. The molecule has 0 aromatic carbocycles. The Labute approximate surface area is 57.3 Å². The van der Waals surface area contributed by atoms with Gasteiger partial charge in [-0.2, -0.15) is 13.2 Å². The van der Waals surface area contributed by atoms with Crippen molar-refractivity contribution in [2.24, 2.45) is 5.73 Å². The summed E-state index contributed by atoms with van der Waals surface area (Å²) < 4.78 is 42.6. The second-order valence-electron chi connectivity index (χ2n) is 1.41. The maximum absolute atomic E-state index is 12.0. The van der Waals surface area contributed by atoms with Gasteiger partial charge in [-0.3, -0.25) is 0 Å². The van der Waals surface area contributed by atoms with Crippen LogP contribution in [0.2, 0.25) is 0 Å². The highest BCUT2D eigenvalue weighted by atomic mass is 79.9. The number of hydrogen-bond donors (Lipinski definition) is 1. The molecule has 0 fully saturated rings. The van der Waals surface area contributed by atoms with Gasteiger partial charge in [-0.1, -0.05) is 0 Å². The maximum Gasteiger partial charge on any atom is 0.433 e. The van der Waals surface area contributed by atoms with Gasteiger partial charge in [0.15, 0.2) is 0 Å². The van der Waals surface area contributed by atoms with Crippen molar-refractivity contribution in [1.29, 1.82) is 0 Å². The van der Waals surface area contributed by atoms with Crippen LogP contribution in [-0.4, -0.2) is 17.3 Å². The molecule has 1 nitrogen and oxygen atoms in total. The zero-order valence-corrected chi connectivity index (χ0v) is 5.76. The van der Waals surface area contributed by atoms with Crippen LogP contribution >= 0.6 is 15.9 Å². The lowest BCUT2D eigenvalue weighted by molar-refractivity contribution is -0.188. The minimum Gasteiger partial charge on any atom is -0.326 e. The first kappa shape index (κ1) is 9.16. The molecule has 2 N–H and O–H groups in total. The van der Waals surface area contributed by atoms with Crippen molar-refractivity contribution < 1.29 is 17.6 Å². The number of rotatable bonds is 1. The van der Waals surface area contributed by atoms with Crippen LogP contribution in [0.25, 0.3) is 0 Å². The van der Waals surface area contributed by atoms with Crippen molar-refractivity contribution in [3.05, 3.63) is 0 Å². The van der Waals surface area contributed by atoms with E-state index in [0.717, 1.165) is 0 Å². The molecule has 0 aliphatic rings. The van der Waals surface area contributed by atoms with Crippen LogP contribution in [0, 0.1) is 0 Å². The molecule has 0 rings (SSSR count). The van der Waals surface area contributed by atoms with Gasteiger partial charge in [-0.25, -0.2) is 4.39 Å². The molecule has 0 amide bonds. The van der Waals surface area contributed by atoms with Crippen LogP contribution in [-0.2, 0) is 0 Å². The Morgan fingerprint density at radius 2 is 1.56 bits per heavy atom. The predicted octanol–water partition coefficient (Wildman–Crippen LogP) is 1.57. The normalized spacial score (nSPS) is 19.3. The van der Waals surface area contributed by atoms with Crippen LogP contribution in [0.1, 0.15) is 0 Å². The molecular weight excluding hydrogens is 206 g/mol. The SMILES string of the molecule is NCC(F)(Br)C(F)(F)F. The molecule has 6 heteroatoms. The summed E-state index contributed by atoms with van der Waals surface area (Å²) in [5.41, 5.74) is 4.45. The highest BCUT2D eigenvalue weighted by Crippen LogP contribution is 2.37. The average Bonchev–Trinajstić information content (AvgIpc) is 1.64. The Balaban J connectivity index is 4.14. The van der Waals surface area contributed by atoms with Gasteiger partial charge in [-0.15, -0.1) is 0 Å². The van der Waals surface area contributed by atoms with E-state index in [-0.39, 0.29) is 0 Å². The van der Waals surface area contributed by atoms with Crippen molar-refractivity contribution in [3.8, 4) is 0 Å². The molecule has 9 heavy (non-hydrogen) atoms. The molecule has 0 aromatic heterocycles. The van der Waals surface area contributed by atoms with E-state index >= 15 is 0 Å². The van der Waals surface area contributed by atoms with Gasteiger partial charge in [-0.05, 0) is 15.9 Å². The van der Waals surface area contributed by atoms with Crippen LogP contribution in [0.15, 0.2) is 0 Å². The van der Waals surface area contributed by atoms with Crippen molar-refractivity contribution in [2.75, 3.05) is 6.54 Å². The zero-order valence-electron chi connectivity index (χ0n) is 4.17. The van der Waals surface area contributed by atoms with Crippen LogP contribution in [0.4, 0.5) is 17.6 Å². The summed E-state index contributed by atoms with van der Waals surface area (Å²) in [7, 11) is 0. The van der Waals surface area contributed by atoms with E-state index in [1.165, 1.54) is 0 Å². The Morgan fingerprint density at radius 3 is 1.56 bits per heavy atom. The van der Waals surface area contributed by atoms with Gasteiger partial charge in [0.1, 0.15) is 0 Å². The van der Waals surface area contributed by atoms with Crippen molar-refractivity contribution in [3.63, 3.8) is 0 Å². The minimum absolute atomic E-state index is 1.11.